The molecule has 0 unspecified atom stereocenters. The van der Waals surface area contributed by atoms with Crippen LogP contribution in [0.3, 0.4) is 0 Å². The summed E-state index contributed by atoms with van der Waals surface area (Å²) in [5.74, 6) is -0.109. The Balaban J connectivity index is 0.658. The molecule has 0 amide bonds. The number of methoxy groups -OCH3 is 4. The summed E-state index contributed by atoms with van der Waals surface area (Å²) in [5, 5.41) is 52.4. The van der Waals surface area contributed by atoms with E-state index in [2.05, 4.69) is 26.8 Å². The summed E-state index contributed by atoms with van der Waals surface area (Å²) in [6.07, 6.45) is -9.51. The van der Waals surface area contributed by atoms with Crippen LogP contribution in [0, 0.1) is 28.6 Å². The molecule has 0 aromatic carbocycles. The van der Waals surface area contributed by atoms with E-state index in [1.165, 1.54) is 19.1 Å². The average Bonchev–Trinajstić information content (AvgIpc) is 3.91. The molecule has 3 aliphatic carbocycles. The number of hydrogen-bond donors (Lipinski definition) is 5. The standard InChI is InChI=1S/C55H88O22/c1-24-44(32(61-8)19-37(66-24)70-29-14-16-52(5)28(18-29)12-13-31-30(52)15-17-53(6)49-36-23-65-54(49,7)77-55(31,53)76-36)72-38-20-33(62-9)45(25(2)67-38)73-39-21-34(63-10)46(26(3)68-39)74-51-43(60)48(64-11)47(27(4)69-51)75-50-42(59)41(58)40(57)35(22-56)71-50/h12,24-27,29-51,56-60H,13-23H2,1-11H3/t24-,25-,26-,27-,29+,30+,31-,32-,33+,34-,35-,36-,37+,38+,39+,40-,41+,42-,43-,44-,45-,46-,47-,48-,49+,50+,51+,52+,53-,54+,55+/m1/s1. The molecule has 0 aromatic heterocycles. The van der Waals surface area contributed by atoms with E-state index in [1.54, 1.807) is 28.3 Å². The molecule has 77 heavy (non-hydrogen) atoms. The summed E-state index contributed by atoms with van der Waals surface area (Å²) in [5.41, 5.74) is 1.50. The maximum atomic E-state index is 11.5. The minimum absolute atomic E-state index is 0.0249. The van der Waals surface area contributed by atoms with Crippen LogP contribution in [-0.4, -0.2) is 226 Å². The Labute approximate surface area is 452 Å². The zero-order chi connectivity index (χ0) is 54.7. The van der Waals surface area contributed by atoms with Crippen LogP contribution < -0.4 is 0 Å². The van der Waals surface area contributed by atoms with Gasteiger partial charge in [0, 0.05) is 59.0 Å². The Bertz CT molecular complexity index is 2070. The van der Waals surface area contributed by atoms with E-state index in [1.807, 2.05) is 20.8 Å². The molecule has 8 heterocycles. The number of fused-ring (bicyclic) bond motifs is 3. The minimum atomic E-state index is -1.66. The van der Waals surface area contributed by atoms with E-state index in [-0.39, 0.29) is 47.6 Å². The highest BCUT2D eigenvalue weighted by atomic mass is 16.8. The first-order valence-corrected chi connectivity index (χ1v) is 28.4. The first-order chi connectivity index (χ1) is 36.7. The summed E-state index contributed by atoms with van der Waals surface area (Å²) >= 11 is 0. The van der Waals surface area contributed by atoms with Crippen LogP contribution in [-0.2, 0) is 80.5 Å². The van der Waals surface area contributed by atoms with E-state index in [4.69, 9.17) is 80.5 Å². The monoisotopic (exact) mass is 1100 g/mol. The van der Waals surface area contributed by atoms with E-state index in [9.17, 15) is 25.5 Å². The molecule has 22 heteroatoms. The van der Waals surface area contributed by atoms with Gasteiger partial charge >= 0.3 is 0 Å². The summed E-state index contributed by atoms with van der Waals surface area (Å²) in [7, 11) is 6.28. The van der Waals surface area contributed by atoms with Crippen LogP contribution in [0.25, 0.3) is 0 Å². The van der Waals surface area contributed by atoms with Crippen molar-refractivity contribution >= 4 is 0 Å². The fraction of sp³-hybridized carbons (Fsp3) is 0.964. The zero-order valence-corrected chi connectivity index (χ0v) is 46.6. The van der Waals surface area contributed by atoms with Gasteiger partial charge in [-0.15, -0.1) is 0 Å². The highest BCUT2D eigenvalue weighted by Crippen LogP contribution is 2.76. The van der Waals surface area contributed by atoms with Crippen molar-refractivity contribution in [2.45, 2.75) is 265 Å². The van der Waals surface area contributed by atoms with E-state index in [0.717, 1.165) is 32.1 Å². The largest absolute Gasteiger partial charge is 0.394 e. The Kier molecular flexibility index (Phi) is 16.6. The van der Waals surface area contributed by atoms with Gasteiger partial charge in [-0.3, -0.25) is 0 Å². The molecular formula is C55H88O22. The smallest absolute Gasteiger partial charge is 0.187 e. The van der Waals surface area contributed by atoms with Gasteiger partial charge in [-0.05, 0) is 84.5 Å². The lowest BCUT2D eigenvalue weighted by molar-refractivity contribution is -0.374. The van der Waals surface area contributed by atoms with Crippen LogP contribution in [0.2, 0.25) is 0 Å². The second-order valence-corrected chi connectivity index (χ2v) is 24.6. The molecule has 31 atom stereocenters. The normalized spacial score (nSPS) is 56.3. The number of rotatable bonds is 15. The van der Waals surface area contributed by atoms with Gasteiger partial charge in [0.2, 0.25) is 0 Å². The summed E-state index contributed by atoms with van der Waals surface area (Å²) in [6, 6.07) is 0. The molecule has 0 radical (unpaired) electrons. The number of ether oxygens (including phenoxy) is 17. The first kappa shape index (κ1) is 57.7. The van der Waals surface area contributed by atoms with Gasteiger partial charge in [0.15, 0.2) is 43.0 Å². The summed E-state index contributed by atoms with van der Waals surface area (Å²) in [6.45, 7) is 14.4. The van der Waals surface area contributed by atoms with E-state index >= 15 is 0 Å². The second-order valence-electron chi connectivity index (χ2n) is 24.6. The average molecular weight is 1100 g/mol. The molecule has 8 aliphatic heterocycles. The SMILES string of the molecule is CO[C@@H]1[C@@H](O)[C@H](O[C@@H]2[C@@H](C)O[C@@H](O[C@H]3[C@@H](OC)C[C@H](O[C@@H]4[C@@H](C)O[C@@H](O[C@H]5CC[C@@]6(C)C(=CC[C@@H]7[C@@H]6CC[C@]6(C)[C@@H]8[C@H]9CO[C@@]8(C)O[C@@]76O9)C5)C[C@H]4OC)O[C@@H]3C)C[C@H]2OC)O[C@H](C)[C@H]1O[C@@H]1O[C@H](CO)[C@@H](O)[C@H](O)[C@H]1O. The molecule has 22 nitrogen and oxygen atoms in total. The summed E-state index contributed by atoms with van der Waals surface area (Å²) < 4.78 is 108. The highest BCUT2D eigenvalue weighted by molar-refractivity contribution is 5.30. The van der Waals surface area contributed by atoms with Gasteiger partial charge in [0.05, 0.1) is 74.1 Å². The number of hydrogen-bond acceptors (Lipinski definition) is 22. The Hall–Kier alpha value is -1.14. The Morgan fingerprint density at radius 2 is 1.14 bits per heavy atom. The van der Waals surface area contributed by atoms with Gasteiger partial charge < -0.3 is 106 Å². The van der Waals surface area contributed by atoms with Crippen LogP contribution in [0.5, 0.6) is 0 Å². The van der Waals surface area contributed by atoms with Gasteiger partial charge in [-0.2, -0.15) is 0 Å². The van der Waals surface area contributed by atoms with Crippen molar-refractivity contribution in [1.29, 1.82) is 0 Å². The van der Waals surface area contributed by atoms with Gasteiger partial charge in [0.1, 0.15) is 61.0 Å². The summed E-state index contributed by atoms with van der Waals surface area (Å²) in [4.78, 5) is 0. The zero-order valence-electron chi connectivity index (χ0n) is 46.6. The third kappa shape index (κ3) is 9.75. The van der Waals surface area contributed by atoms with Crippen LogP contribution in [0.1, 0.15) is 106 Å². The molecule has 440 valence electrons. The maximum Gasteiger partial charge on any atom is 0.187 e. The molecule has 5 N–H and O–H groups in total. The van der Waals surface area contributed by atoms with E-state index in [0.29, 0.717) is 31.3 Å². The fourth-order valence-corrected chi connectivity index (χ4v) is 16.4. The van der Waals surface area contributed by atoms with Crippen molar-refractivity contribution < 1.29 is 106 Å². The van der Waals surface area contributed by atoms with Crippen LogP contribution >= 0.6 is 0 Å². The van der Waals surface area contributed by atoms with Crippen molar-refractivity contribution in [3.8, 4) is 0 Å². The number of aliphatic hydroxyl groups is 5. The molecule has 2 bridgehead atoms. The molecule has 11 aliphatic rings. The lowest BCUT2D eigenvalue weighted by Gasteiger charge is -2.59. The minimum Gasteiger partial charge on any atom is -0.394 e. The maximum absolute atomic E-state index is 11.5. The van der Waals surface area contributed by atoms with Crippen molar-refractivity contribution in [1.82, 2.24) is 0 Å². The fourth-order valence-electron chi connectivity index (χ4n) is 16.4. The quantitative estimate of drug-likeness (QED) is 0.148. The van der Waals surface area contributed by atoms with Crippen molar-refractivity contribution in [2.75, 3.05) is 41.7 Å². The molecular weight excluding hydrogens is 1010 g/mol. The molecule has 11 rings (SSSR count). The van der Waals surface area contributed by atoms with Gasteiger partial charge in [0.25, 0.3) is 0 Å². The van der Waals surface area contributed by atoms with Gasteiger partial charge in [-0.25, -0.2) is 0 Å². The lowest BCUT2D eigenvalue weighted by Crippen LogP contribution is -2.65. The third-order valence-corrected chi connectivity index (χ3v) is 20.4. The second kappa shape index (κ2) is 22.1. The van der Waals surface area contributed by atoms with E-state index < -0.39 is 141 Å². The molecule has 2 saturated carbocycles. The van der Waals surface area contributed by atoms with Crippen LogP contribution in [0.4, 0.5) is 0 Å². The van der Waals surface area contributed by atoms with Crippen LogP contribution in [0.15, 0.2) is 11.6 Å². The molecule has 0 spiro atoms. The van der Waals surface area contributed by atoms with Gasteiger partial charge in [-0.1, -0.05) is 25.5 Å². The predicted octanol–water partition coefficient (Wildman–Crippen LogP) is 2.32. The van der Waals surface area contributed by atoms with Crippen molar-refractivity contribution in [3.63, 3.8) is 0 Å². The topological polar surface area (TPSA) is 258 Å². The Morgan fingerprint density at radius 3 is 1.71 bits per heavy atom. The van der Waals surface area contributed by atoms with Crippen molar-refractivity contribution in [3.05, 3.63) is 11.6 Å². The highest BCUT2D eigenvalue weighted by Gasteiger charge is 2.83. The molecule has 0 aromatic rings. The third-order valence-electron chi connectivity index (χ3n) is 20.4. The molecule has 10 fully saturated rings. The lowest BCUT2D eigenvalue weighted by atomic mass is 9.48. The number of aliphatic hydroxyl groups excluding tert-OH is 5. The van der Waals surface area contributed by atoms with Crippen molar-refractivity contribution in [2.24, 2.45) is 28.6 Å². The molecule has 8 saturated heterocycles. The predicted molar refractivity (Wildman–Crippen MR) is 264 cm³/mol. The Morgan fingerprint density at radius 1 is 0.584 bits per heavy atom. The first-order valence-electron chi connectivity index (χ1n) is 28.4. The number of allylic oxidation sites excluding steroid dienone is 1.